The highest BCUT2D eigenvalue weighted by Gasteiger charge is 2.54. The van der Waals surface area contributed by atoms with Gasteiger partial charge in [0.05, 0.1) is 15.2 Å². The molecule has 0 saturated heterocycles. The van der Waals surface area contributed by atoms with E-state index in [1.54, 1.807) is 10.4 Å². The smallest absolute Gasteiger partial charge is 0.0725 e. The minimum Gasteiger partial charge on any atom is -0.0725 e. The molecule has 0 aliphatic heterocycles. The van der Waals surface area contributed by atoms with Crippen LogP contribution >= 0.6 is 0 Å². The summed E-state index contributed by atoms with van der Waals surface area (Å²) in [7, 11) is -5.37. The maximum absolute atomic E-state index is 2.73. The predicted octanol–water partition coefficient (Wildman–Crippen LogP) is 8.70. The van der Waals surface area contributed by atoms with Crippen LogP contribution in [0.25, 0.3) is 43.1 Å². The highest BCUT2D eigenvalue weighted by Crippen LogP contribution is 2.34. The number of benzene rings is 6. The monoisotopic (exact) mass is 528 g/mol. The molecule has 0 nitrogen and oxygen atoms in total. The molecule has 0 bridgehead atoms. The summed E-state index contributed by atoms with van der Waals surface area (Å²) in [5.41, 5.74) is 0. The standard InChI is InChI=1S/C34H36Si3/c1-35(2,33-19-11-17-29-21-25-13-7-9-15-27(25)23-31(29)33)37(5,6)36(3,4)34-20-12-18-30-22-26-14-8-10-16-28(26)24-32(30)34/h7-24H,1-6H3. The minimum atomic E-state index is -1.82. The topological polar surface area (TPSA) is 0 Å². The van der Waals surface area contributed by atoms with Gasteiger partial charge in [0.15, 0.2) is 0 Å². The van der Waals surface area contributed by atoms with Crippen LogP contribution in [0.5, 0.6) is 0 Å². The summed E-state index contributed by atoms with van der Waals surface area (Å²) in [4.78, 5) is 0. The molecule has 0 aromatic heterocycles. The van der Waals surface area contributed by atoms with Crippen molar-refractivity contribution in [3.8, 4) is 0 Å². The first kappa shape index (κ1) is 24.4. The van der Waals surface area contributed by atoms with Gasteiger partial charge in [-0.3, -0.25) is 0 Å². The molecule has 0 saturated carbocycles. The van der Waals surface area contributed by atoms with Crippen LogP contribution in [-0.4, -0.2) is 22.3 Å². The fraction of sp³-hybridized carbons (Fsp3) is 0.176. The Kier molecular flexibility index (Phi) is 5.61. The van der Waals surface area contributed by atoms with E-state index in [1.165, 1.54) is 43.1 Å². The lowest BCUT2D eigenvalue weighted by molar-refractivity contribution is 1.72. The van der Waals surface area contributed by atoms with Gasteiger partial charge >= 0.3 is 0 Å². The van der Waals surface area contributed by atoms with Crippen LogP contribution in [-0.2, 0) is 0 Å². The van der Waals surface area contributed by atoms with E-state index in [0.29, 0.717) is 0 Å². The van der Waals surface area contributed by atoms with Crippen LogP contribution in [0.2, 0.25) is 39.3 Å². The summed E-state index contributed by atoms with van der Waals surface area (Å²) >= 11 is 0. The van der Waals surface area contributed by atoms with Gasteiger partial charge in [0, 0.05) is 7.11 Å². The molecule has 0 heterocycles. The average Bonchev–Trinajstić information content (AvgIpc) is 2.89. The second-order valence-corrected chi connectivity index (χ2v) is 39.7. The average molecular weight is 529 g/mol. The molecule has 0 spiro atoms. The Bertz CT molecular complexity index is 1680. The number of hydrogen-bond acceptors (Lipinski definition) is 0. The molecule has 0 aliphatic rings. The van der Waals surface area contributed by atoms with E-state index < -0.39 is 22.3 Å². The minimum absolute atomic E-state index is 1.33. The Labute approximate surface area is 223 Å². The van der Waals surface area contributed by atoms with Crippen LogP contribution in [0.3, 0.4) is 0 Å². The summed E-state index contributed by atoms with van der Waals surface area (Å²) < 4.78 is 0. The normalized spacial score (nSPS) is 13.1. The van der Waals surface area contributed by atoms with Gasteiger partial charge in [0.25, 0.3) is 0 Å². The zero-order chi connectivity index (χ0) is 26.0. The molecule has 0 radical (unpaired) electrons. The van der Waals surface area contributed by atoms with Crippen LogP contribution in [0.1, 0.15) is 0 Å². The largest absolute Gasteiger partial charge is 0.0725 e. The van der Waals surface area contributed by atoms with Crippen molar-refractivity contribution in [2.75, 3.05) is 0 Å². The molecule has 6 rings (SSSR count). The third-order valence-electron chi connectivity index (χ3n) is 9.97. The Morgan fingerprint density at radius 3 is 1.05 bits per heavy atom. The quantitative estimate of drug-likeness (QED) is 0.159. The van der Waals surface area contributed by atoms with Crippen molar-refractivity contribution in [3.63, 3.8) is 0 Å². The van der Waals surface area contributed by atoms with Crippen LogP contribution in [0.4, 0.5) is 0 Å². The van der Waals surface area contributed by atoms with Crippen molar-refractivity contribution in [3.05, 3.63) is 109 Å². The van der Waals surface area contributed by atoms with Gasteiger partial charge in [0.1, 0.15) is 0 Å². The molecule has 0 unspecified atom stereocenters. The molecule has 0 fully saturated rings. The highest BCUT2D eigenvalue weighted by atomic mass is 29.6. The summed E-state index contributed by atoms with van der Waals surface area (Å²) in [6, 6.07) is 41.5. The van der Waals surface area contributed by atoms with E-state index in [-0.39, 0.29) is 0 Å². The molecule has 184 valence electrons. The van der Waals surface area contributed by atoms with Gasteiger partial charge in [-0.15, -0.1) is 0 Å². The van der Waals surface area contributed by atoms with Crippen molar-refractivity contribution < 1.29 is 0 Å². The second-order valence-electron chi connectivity index (χ2n) is 12.3. The zero-order valence-corrected chi connectivity index (χ0v) is 25.9. The third-order valence-corrected chi connectivity index (χ3v) is 51.4. The molecule has 3 heteroatoms. The molecule has 37 heavy (non-hydrogen) atoms. The Morgan fingerprint density at radius 2 is 0.676 bits per heavy atom. The SMILES string of the molecule is C[Si](C)(c1cccc2cc3ccccc3cc12)[Si](C)(C)[Si](C)(C)c1cccc2cc3ccccc3cc12. The fourth-order valence-corrected chi connectivity index (χ4v) is 38.7. The van der Waals surface area contributed by atoms with Gasteiger partial charge in [-0.25, -0.2) is 0 Å². The molecule has 0 atom stereocenters. The number of fused-ring (bicyclic) bond motifs is 4. The van der Waals surface area contributed by atoms with Crippen molar-refractivity contribution in [2.24, 2.45) is 0 Å². The summed E-state index contributed by atoms with van der Waals surface area (Å²) in [6.45, 7) is 16.2. The zero-order valence-electron chi connectivity index (χ0n) is 22.9. The molecular formula is C34H36Si3. The first-order valence-electron chi connectivity index (χ1n) is 13.5. The van der Waals surface area contributed by atoms with E-state index in [9.17, 15) is 0 Å². The highest BCUT2D eigenvalue weighted by molar-refractivity contribution is 7.73. The first-order chi connectivity index (χ1) is 17.6. The van der Waals surface area contributed by atoms with Gasteiger partial charge in [-0.1, -0.05) is 135 Å². The van der Waals surface area contributed by atoms with Gasteiger partial charge in [0.2, 0.25) is 0 Å². The number of hydrogen-bond donors (Lipinski definition) is 0. The van der Waals surface area contributed by atoms with E-state index in [4.69, 9.17) is 0 Å². The molecule has 6 aromatic rings. The Morgan fingerprint density at radius 1 is 0.351 bits per heavy atom. The third kappa shape index (κ3) is 3.67. The molecule has 6 aromatic carbocycles. The van der Waals surface area contributed by atoms with Crippen LogP contribution in [0, 0.1) is 0 Å². The van der Waals surface area contributed by atoms with Crippen molar-refractivity contribution in [1.82, 2.24) is 0 Å². The molecule has 0 N–H and O–H groups in total. The van der Waals surface area contributed by atoms with Gasteiger partial charge in [-0.05, 0) is 67.4 Å². The summed E-state index contributed by atoms with van der Waals surface area (Å²) in [5, 5.41) is 14.4. The second kappa shape index (κ2) is 8.52. The molecule has 0 amide bonds. The Hall–Kier alpha value is -2.99. The van der Waals surface area contributed by atoms with Crippen molar-refractivity contribution in [2.45, 2.75) is 39.3 Å². The maximum Gasteiger partial charge on any atom is 0.0725 e. The first-order valence-corrected chi connectivity index (χ1v) is 24.5. The maximum atomic E-state index is 2.73. The van der Waals surface area contributed by atoms with Crippen LogP contribution in [0.15, 0.2) is 109 Å². The lowest BCUT2D eigenvalue weighted by Gasteiger charge is -2.49. The lowest BCUT2D eigenvalue weighted by atomic mass is 10.0. The lowest BCUT2D eigenvalue weighted by Crippen LogP contribution is -2.78. The van der Waals surface area contributed by atoms with Crippen LogP contribution < -0.4 is 10.4 Å². The van der Waals surface area contributed by atoms with Crippen molar-refractivity contribution >= 4 is 75.8 Å². The predicted molar refractivity (Wildman–Crippen MR) is 175 cm³/mol. The van der Waals surface area contributed by atoms with Gasteiger partial charge < -0.3 is 0 Å². The van der Waals surface area contributed by atoms with E-state index >= 15 is 0 Å². The Balaban J connectivity index is 1.55. The number of rotatable bonds is 4. The molecule has 0 aliphatic carbocycles. The fourth-order valence-electron chi connectivity index (χ4n) is 6.48. The van der Waals surface area contributed by atoms with E-state index in [0.717, 1.165) is 0 Å². The van der Waals surface area contributed by atoms with Crippen molar-refractivity contribution in [1.29, 1.82) is 0 Å². The van der Waals surface area contributed by atoms with E-state index in [2.05, 4.69) is 148 Å². The van der Waals surface area contributed by atoms with E-state index in [1.807, 2.05) is 0 Å². The van der Waals surface area contributed by atoms with Gasteiger partial charge in [-0.2, -0.15) is 0 Å². The summed E-state index contributed by atoms with van der Waals surface area (Å²) in [5.74, 6) is 0. The molecular weight excluding hydrogens is 493 g/mol. The summed E-state index contributed by atoms with van der Waals surface area (Å²) in [6.07, 6.45) is 0.